The van der Waals surface area contributed by atoms with Crippen LogP contribution in [0.4, 0.5) is 11.4 Å². The van der Waals surface area contributed by atoms with Crippen LogP contribution in [-0.4, -0.2) is 18.7 Å². The van der Waals surface area contributed by atoms with Gasteiger partial charge in [-0.25, -0.2) is 0 Å². The molecule has 0 spiro atoms. The Morgan fingerprint density at radius 2 is 1.52 bits per heavy atom. The van der Waals surface area contributed by atoms with Crippen LogP contribution in [0.2, 0.25) is 0 Å². The Morgan fingerprint density at radius 1 is 0.903 bits per heavy atom. The highest BCUT2D eigenvalue weighted by Crippen LogP contribution is 2.60. The SMILES string of the molecule is C[C@@H](Nc1ccc(C23CC4CC(CC(C4)C2)C3)cc1)C(=O)Nc1ccc2c(c1)OCO2. The van der Waals surface area contributed by atoms with Crippen molar-refractivity contribution in [1.29, 1.82) is 0 Å². The van der Waals surface area contributed by atoms with E-state index in [0.29, 0.717) is 22.6 Å². The molecule has 5 aliphatic rings. The number of amides is 1. The molecule has 0 saturated heterocycles. The molecule has 2 aromatic rings. The summed E-state index contributed by atoms with van der Waals surface area (Å²) in [4.78, 5) is 12.7. The first-order chi connectivity index (χ1) is 15.1. The Morgan fingerprint density at radius 3 is 2.19 bits per heavy atom. The Bertz CT molecular complexity index is 965. The highest BCUT2D eigenvalue weighted by atomic mass is 16.7. The minimum absolute atomic E-state index is 0.0796. The van der Waals surface area contributed by atoms with E-state index in [2.05, 4.69) is 34.9 Å². The maximum atomic E-state index is 12.7. The van der Waals surface area contributed by atoms with Crippen LogP contribution in [0, 0.1) is 17.8 Å². The van der Waals surface area contributed by atoms with Crippen LogP contribution in [0.25, 0.3) is 0 Å². The molecular weight excluding hydrogens is 388 g/mol. The number of nitrogens with one attached hydrogen (secondary N) is 2. The molecule has 4 fully saturated rings. The number of carbonyl (C=O) groups excluding carboxylic acids is 1. The molecule has 4 saturated carbocycles. The van der Waals surface area contributed by atoms with Gasteiger partial charge in [-0.1, -0.05) is 12.1 Å². The van der Waals surface area contributed by atoms with Gasteiger partial charge in [-0.3, -0.25) is 4.79 Å². The van der Waals surface area contributed by atoms with E-state index in [0.717, 1.165) is 23.4 Å². The lowest BCUT2D eigenvalue weighted by Crippen LogP contribution is -2.48. The zero-order valence-electron chi connectivity index (χ0n) is 18.0. The molecule has 4 bridgehead atoms. The summed E-state index contributed by atoms with van der Waals surface area (Å²) in [5.74, 6) is 4.14. The van der Waals surface area contributed by atoms with Crippen LogP contribution in [0.5, 0.6) is 11.5 Å². The van der Waals surface area contributed by atoms with Gasteiger partial charge in [0.2, 0.25) is 12.7 Å². The summed E-state index contributed by atoms with van der Waals surface area (Å²) in [5.41, 5.74) is 3.62. The number of ether oxygens (including phenoxy) is 2. The third-order valence-corrected chi connectivity index (χ3v) is 7.95. The van der Waals surface area contributed by atoms with Crippen LogP contribution >= 0.6 is 0 Å². The average molecular weight is 419 g/mol. The number of benzene rings is 2. The van der Waals surface area contributed by atoms with Crippen LogP contribution in [0.3, 0.4) is 0 Å². The van der Waals surface area contributed by atoms with Gasteiger partial charge in [-0.15, -0.1) is 0 Å². The lowest BCUT2D eigenvalue weighted by molar-refractivity contribution is -0.116. The number of hydrogen-bond donors (Lipinski definition) is 2. The zero-order chi connectivity index (χ0) is 21.0. The molecule has 0 radical (unpaired) electrons. The van der Waals surface area contributed by atoms with Gasteiger partial charge >= 0.3 is 0 Å². The van der Waals surface area contributed by atoms with Crippen LogP contribution in [-0.2, 0) is 10.2 Å². The molecule has 2 aromatic carbocycles. The molecule has 1 atom stereocenters. The van der Waals surface area contributed by atoms with Gasteiger partial charge in [-0.05, 0) is 98.4 Å². The Kier molecular flexibility index (Phi) is 4.41. The molecular formula is C26H30N2O3. The monoisotopic (exact) mass is 418 g/mol. The van der Waals surface area contributed by atoms with E-state index in [1.807, 2.05) is 19.1 Å². The number of anilines is 2. The van der Waals surface area contributed by atoms with Gasteiger partial charge in [0, 0.05) is 17.4 Å². The van der Waals surface area contributed by atoms with Crippen LogP contribution in [0.1, 0.15) is 51.0 Å². The number of fused-ring (bicyclic) bond motifs is 1. The van der Waals surface area contributed by atoms with Crippen molar-refractivity contribution in [2.75, 3.05) is 17.4 Å². The predicted octanol–water partition coefficient (Wildman–Crippen LogP) is 5.32. The molecule has 7 rings (SSSR count). The second-order valence-corrected chi connectivity index (χ2v) is 10.2. The minimum atomic E-state index is -0.351. The maximum Gasteiger partial charge on any atom is 0.246 e. The summed E-state index contributed by atoms with van der Waals surface area (Å²) in [5, 5.41) is 6.30. The van der Waals surface area contributed by atoms with Crippen molar-refractivity contribution in [2.24, 2.45) is 17.8 Å². The van der Waals surface area contributed by atoms with E-state index in [4.69, 9.17) is 9.47 Å². The van der Waals surface area contributed by atoms with Gasteiger partial charge in [0.1, 0.15) is 6.04 Å². The highest BCUT2D eigenvalue weighted by Gasteiger charge is 2.51. The van der Waals surface area contributed by atoms with E-state index in [-0.39, 0.29) is 18.7 Å². The van der Waals surface area contributed by atoms with Crippen LogP contribution < -0.4 is 20.1 Å². The van der Waals surface area contributed by atoms with Crippen molar-refractivity contribution in [2.45, 2.75) is 56.9 Å². The highest BCUT2D eigenvalue weighted by molar-refractivity contribution is 5.96. The topological polar surface area (TPSA) is 59.6 Å². The lowest BCUT2D eigenvalue weighted by Gasteiger charge is -2.57. The second-order valence-electron chi connectivity index (χ2n) is 10.2. The molecule has 31 heavy (non-hydrogen) atoms. The Hall–Kier alpha value is -2.69. The second kappa shape index (κ2) is 7.18. The molecule has 4 aliphatic carbocycles. The summed E-state index contributed by atoms with van der Waals surface area (Å²) in [6, 6.07) is 14.0. The quantitative estimate of drug-likeness (QED) is 0.690. The van der Waals surface area contributed by atoms with Gasteiger partial charge in [0.05, 0.1) is 0 Å². The third-order valence-electron chi connectivity index (χ3n) is 7.95. The third kappa shape index (κ3) is 3.44. The first kappa shape index (κ1) is 19.0. The van der Waals surface area contributed by atoms with E-state index >= 15 is 0 Å². The minimum Gasteiger partial charge on any atom is -0.454 e. The molecule has 1 heterocycles. The number of hydrogen-bond acceptors (Lipinski definition) is 4. The molecule has 0 aromatic heterocycles. The van der Waals surface area contributed by atoms with E-state index in [9.17, 15) is 4.79 Å². The molecule has 2 N–H and O–H groups in total. The van der Waals surface area contributed by atoms with Crippen LogP contribution in [0.15, 0.2) is 42.5 Å². The van der Waals surface area contributed by atoms with Crippen molar-refractivity contribution < 1.29 is 14.3 Å². The molecule has 1 amide bonds. The summed E-state index contributed by atoms with van der Waals surface area (Å²) >= 11 is 0. The van der Waals surface area contributed by atoms with Gasteiger partial charge < -0.3 is 20.1 Å². The Balaban J connectivity index is 1.11. The van der Waals surface area contributed by atoms with Crippen molar-refractivity contribution in [1.82, 2.24) is 0 Å². The average Bonchev–Trinajstić information content (AvgIpc) is 3.21. The molecule has 162 valence electrons. The summed E-state index contributed by atoms with van der Waals surface area (Å²) < 4.78 is 10.7. The summed E-state index contributed by atoms with van der Waals surface area (Å²) in [6.07, 6.45) is 8.53. The molecule has 0 unspecified atom stereocenters. The van der Waals surface area contributed by atoms with E-state index in [1.165, 1.54) is 44.1 Å². The zero-order valence-corrected chi connectivity index (χ0v) is 18.0. The standard InChI is InChI=1S/C26H30N2O3/c1-16(25(29)28-22-6-7-23-24(11-22)31-15-30-23)27-21-4-2-20(3-5-21)26-12-17-8-18(13-26)10-19(9-17)14-26/h2-7,11,16-19,27H,8-10,12-15H2,1H3,(H,28,29)/t16-,17?,18?,19?,26?/m1/s1. The van der Waals surface area contributed by atoms with Gasteiger partial charge in [0.15, 0.2) is 11.5 Å². The summed E-state index contributed by atoms with van der Waals surface area (Å²) in [6.45, 7) is 2.11. The first-order valence-corrected chi connectivity index (χ1v) is 11.6. The van der Waals surface area contributed by atoms with Crippen molar-refractivity contribution >= 4 is 17.3 Å². The van der Waals surface area contributed by atoms with Gasteiger partial charge in [-0.2, -0.15) is 0 Å². The fourth-order valence-electron chi connectivity index (χ4n) is 6.92. The van der Waals surface area contributed by atoms with Crippen molar-refractivity contribution in [3.63, 3.8) is 0 Å². The normalized spacial score (nSPS) is 30.8. The fraction of sp³-hybridized carbons (Fsp3) is 0.500. The number of rotatable bonds is 5. The summed E-state index contributed by atoms with van der Waals surface area (Å²) in [7, 11) is 0. The maximum absolute atomic E-state index is 12.7. The first-order valence-electron chi connectivity index (χ1n) is 11.6. The fourth-order valence-corrected chi connectivity index (χ4v) is 6.92. The molecule has 1 aliphatic heterocycles. The Labute approximate surface area is 183 Å². The smallest absolute Gasteiger partial charge is 0.246 e. The predicted molar refractivity (Wildman–Crippen MR) is 121 cm³/mol. The van der Waals surface area contributed by atoms with E-state index in [1.54, 1.807) is 6.07 Å². The van der Waals surface area contributed by atoms with Gasteiger partial charge in [0.25, 0.3) is 0 Å². The molecule has 5 heteroatoms. The number of carbonyl (C=O) groups is 1. The van der Waals surface area contributed by atoms with Crippen molar-refractivity contribution in [3.8, 4) is 11.5 Å². The largest absolute Gasteiger partial charge is 0.454 e. The molecule has 5 nitrogen and oxygen atoms in total. The van der Waals surface area contributed by atoms with Crippen molar-refractivity contribution in [3.05, 3.63) is 48.0 Å². The lowest BCUT2D eigenvalue weighted by atomic mass is 9.48. The van der Waals surface area contributed by atoms with E-state index < -0.39 is 0 Å².